The zero-order chi connectivity index (χ0) is 14.0. The van der Waals surface area contributed by atoms with E-state index in [1.54, 1.807) is 0 Å². The van der Waals surface area contributed by atoms with E-state index in [1.807, 2.05) is 0 Å². The van der Waals surface area contributed by atoms with Crippen molar-refractivity contribution in [3.63, 3.8) is 0 Å². The summed E-state index contributed by atoms with van der Waals surface area (Å²) in [4.78, 5) is 10.7. The molecule has 0 bridgehead atoms. The van der Waals surface area contributed by atoms with Crippen molar-refractivity contribution in [3.8, 4) is 0 Å². The standard InChI is InChI=1S/C9H17NO6S2/c1-17(13,14)4-5-18(15,16)10-8-3-2-7(6-8)9(11)12/h7-8,10H,2-6H2,1H3,(H,11,12)/t7-,8+/m1/s1. The number of nitrogens with one attached hydrogen (secondary N) is 1. The predicted octanol–water partition coefficient (Wildman–Crippen LogP) is -0.796. The number of sulfonamides is 1. The lowest BCUT2D eigenvalue weighted by Gasteiger charge is -2.12. The molecule has 1 aliphatic rings. The third-order valence-corrected chi connectivity index (χ3v) is 5.49. The number of rotatable bonds is 6. The minimum atomic E-state index is -3.67. The van der Waals surface area contributed by atoms with Gasteiger partial charge in [0.05, 0.1) is 17.4 Å². The van der Waals surface area contributed by atoms with E-state index in [0.29, 0.717) is 12.8 Å². The molecule has 0 saturated heterocycles. The first-order valence-corrected chi connectivity index (χ1v) is 9.21. The Kier molecular flexibility index (Phi) is 4.73. The van der Waals surface area contributed by atoms with Crippen molar-refractivity contribution in [1.82, 2.24) is 4.72 Å². The highest BCUT2D eigenvalue weighted by atomic mass is 32.2. The molecule has 0 unspecified atom stereocenters. The molecule has 0 amide bonds. The Hall–Kier alpha value is -0.670. The number of hydrogen-bond acceptors (Lipinski definition) is 5. The van der Waals surface area contributed by atoms with Gasteiger partial charge in [-0.15, -0.1) is 0 Å². The van der Waals surface area contributed by atoms with Crippen molar-refractivity contribution in [2.45, 2.75) is 25.3 Å². The summed E-state index contributed by atoms with van der Waals surface area (Å²) in [6.07, 6.45) is 2.13. The zero-order valence-electron chi connectivity index (χ0n) is 10.00. The smallest absolute Gasteiger partial charge is 0.306 e. The summed E-state index contributed by atoms with van der Waals surface area (Å²) < 4.78 is 47.3. The lowest BCUT2D eigenvalue weighted by molar-refractivity contribution is -0.141. The quantitative estimate of drug-likeness (QED) is 0.663. The van der Waals surface area contributed by atoms with Gasteiger partial charge in [0.1, 0.15) is 9.84 Å². The fraction of sp³-hybridized carbons (Fsp3) is 0.889. The summed E-state index contributed by atoms with van der Waals surface area (Å²) in [5.41, 5.74) is 0. The van der Waals surface area contributed by atoms with E-state index < -0.39 is 49.3 Å². The minimum absolute atomic E-state index is 0.257. The van der Waals surface area contributed by atoms with Crippen molar-refractivity contribution >= 4 is 25.8 Å². The van der Waals surface area contributed by atoms with Gasteiger partial charge in [-0.2, -0.15) is 0 Å². The molecule has 1 fully saturated rings. The van der Waals surface area contributed by atoms with Crippen LogP contribution in [-0.2, 0) is 24.7 Å². The van der Waals surface area contributed by atoms with Crippen LogP contribution in [0.2, 0.25) is 0 Å². The highest BCUT2D eigenvalue weighted by molar-refractivity contribution is 7.93. The molecule has 0 aromatic carbocycles. The second-order valence-corrected chi connectivity index (χ2v) is 8.74. The third kappa shape index (κ3) is 5.32. The van der Waals surface area contributed by atoms with Gasteiger partial charge in [-0.1, -0.05) is 0 Å². The van der Waals surface area contributed by atoms with Gasteiger partial charge < -0.3 is 5.11 Å². The highest BCUT2D eigenvalue weighted by Crippen LogP contribution is 2.26. The fourth-order valence-corrected chi connectivity index (χ4v) is 4.82. The van der Waals surface area contributed by atoms with Gasteiger partial charge in [0.2, 0.25) is 10.0 Å². The minimum Gasteiger partial charge on any atom is -0.481 e. The predicted molar refractivity (Wildman–Crippen MR) is 65.4 cm³/mol. The van der Waals surface area contributed by atoms with Crippen LogP contribution in [-0.4, -0.2) is 51.7 Å². The maximum atomic E-state index is 11.6. The SMILES string of the molecule is CS(=O)(=O)CCS(=O)(=O)N[C@H]1CC[C@@H](C(=O)O)C1. The van der Waals surface area contributed by atoms with Crippen LogP contribution in [0.3, 0.4) is 0 Å². The lowest BCUT2D eigenvalue weighted by Crippen LogP contribution is -2.36. The van der Waals surface area contributed by atoms with Crippen LogP contribution in [0.15, 0.2) is 0 Å². The first-order valence-electron chi connectivity index (χ1n) is 5.49. The van der Waals surface area contributed by atoms with Crippen LogP contribution in [0.25, 0.3) is 0 Å². The van der Waals surface area contributed by atoms with Crippen molar-refractivity contribution in [2.24, 2.45) is 5.92 Å². The summed E-state index contributed by atoms with van der Waals surface area (Å²) in [7, 11) is -7.00. The van der Waals surface area contributed by atoms with Crippen molar-refractivity contribution in [3.05, 3.63) is 0 Å². The molecule has 9 heteroatoms. The van der Waals surface area contributed by atoms with Crippen LogP contribution in [0.5, 0.6) is 0 Å². The average molecular weight is 299 g/mol. The molecule has 0 aliphatic heterocycles. The second kappa shape index (κ2) is 5.54. The van der Waals surface area contributed by atoms with E-state index in [0.717, 1.165) is 6.26 Å². The van der Waals surface area contributed by atoms with Crippen LogP contribution < -0.4 is 4.72 Å². The average Bonchev–Trinajstić information content (AvgIpc) is 2.62. The van der Waals surface area contributed by atoms with E-state index in [4.69, 9.17) is 5.11 Å². The fourth-order valence-electron chi connectivity index (χ4n) is 1.89. The van der Waals surface area contributed by atoms with Gasteiger partial charge in [0.25, 0.3) is 0 Å². The number of sulfone groups is 1. The van der Waals surface area contributed by atoms with Crippen molar-refractivity contribution in [2.75, 3.05) is 17.8 Å². The van der Waals surface area contributed by atoms with Crippen molar-refractivity contribution in [1.29, 1.82) is 0 Å². The van der Waals surface area contributed by atoms with Crippen molar-refractivity contribution < 1.29 is 26.7 Å². The van der Waals surface area contributed by atoms with Crippen LogP contribution in [0, 0.1) is 5.92 Å². The van der Waals surface area contributed by atoms with Gasteiger partial charge in [0.15, 0.2) is 0 Å². The Bertz CT molecular complexity index is 509. The highest BCUT2D eigenvalue weighted by Gasteiger charge is 2.32. The summed E-state index contributed by atoms with van der Waals surface area (Å²) >= 11 is 0. The molecule has 7 nitrogen and oxygen atoms in total. The molecule has 0 spiro atoms. The number of aliphatic carboxylic acids is 1. The number of hydrogen-bond donors (Lipinski definition) is 2. The largest absolute Gasteiger partial charge is 0.481 e. The van der Waals surface area contributed by atoms with E-state index in [2.05, 4.69) is 4.72 Å². The zero-order valence-corrected chi connectivity index (χ0v) is 11.6. The van der Waals surface area contributed by atoms with Gasteiger partial charge in [-0.3, -0.25) is 4.79 Å². The molecule has 1 saturated carbocycles. The first-order chi connectivity index (χ1) is 8.09. The molecule has 2 N–H and O–H groups in total. The normalized spacial score (nSPS) is 25.2. The van der Waals surface area contributed by atoms with Crippen LogP contribution in [0.4, 0.5) is 0 Å². The number of carbonyl (C=O) groups is 1. The summed E-state index contributed by atoms with van der Waals surface area (Å²) in [5, 5.41) is 8.78. The Morgan fingerprint density at radius 3 is 2.28 bits per heavy atom. The maximum Gasteiger partial charge on any atom is 0.306 e. The monoisotopic (exact) mass is 299 g/mol. The van der Waals surface area contributed by atoms with Crippen LogP contribution >= 0.6 is 0 Å². The second-order valence-electron chi connectivity index (χ2n) is 4.61. The molecule has 18 heavy (non-hydrogen) atoms. The van der Waals surface area contributed by atoms with Crippen LogP contribution in [0.1, 0.15) is 19.3 Å². The number of carboxylic acid groups (broad SMARTS) is 1. The Morgan fingerprint density at radius 2 is 1.83 bits per heavy atom. The number of carboxylic acids is 1. The van der Waals surface area contributed by atoms with E-state index in [-0.39, 0.29) is 6.42 Å². The Labute approximate surface area is 107 Å². The molecule has 106 valence electrons. The molecule has 1 rings (SSSR count). The molecule has 0 radical (unpaired) electrons. The van der Waals surface area contributed by atoms with Gasteiger partial charge in [0, 0.05) is 12.3 Å². The Balaban J connectivity index is 2.50. The third-order valence-electron chi connectivity index (χ3n) is 2.85. The molecule has 0 aromatic heterocycles. The molecular weight excluding hydrogens is 282 g/mol. The van der Waals surface area contributed by atoms with Gasteiger partial charge in [-0.05, 0) is 19.3 Å². The molecular formula is C9H17NO6S2. The summed E-state index contributed by atoms with van der Waals surface area (Å²) in [5.74, 6) is -2.36. The van der Waals surface area contributed by atoms with E-state index in [1.165, 1.54) is 0 Å². The first kappa shape index (κ1) is 15.4. The van der Waals surface area contributed by atoms with E-state index in [9.17, 15) is 21.6 Å². The molecule has 2 atom stereocenters. The molecule has 1 aliphatic carbocycles. The molecule has 0 heterocycles. The maximum absolute atomic E-state index is 11.6. The lowest BCUT2D eigenvalue weighted by atomic mass is 10.1. The van der Waals surface area contributed by atoms with Gasteiger partial charge in [-0.25, -0.2) is 21.6 Å². The van der Waals surface area contributed by atoms with Gasteiger partial charge >= 0.3 is 5.97 Å². The summed E-state index contributed by atoms with van der Waals surface area (Å²) in [6, 6.07) is -0.407. The topological polar surface area (TPSA) is 118 Å². The molecule has 0 aromatic rings. The Morgan fingerprint density at radius 1 is 1.22 bits per heavy atom. The summed E-state index contributed by atoms with van der Waals surface area (Å²) in [6.45, 7) is 0. The van der Waals surface area contributed by atoms with E-state index >= 15 is 0 Å².